The SMILES string of the molecule is C=CCOc1ccc(/C=C(\Cl)c2nnc(-c3ccc([N+](=O)[O-])cc3)o2)cc1OC. The van der Waals surface area contributed by atoms with Gasteiger partial charge < -0.3 is 13.9 Å². The van der Waals surface area contributed by atoms with Crippen LogP contribution in [0.5, 0.6) is 11.5 Å². The van der Waals surface area contributed by atoms with Crippen molar-refractivity contribution >= 4 is 28.4 Å². The highest BCUT2D eigenvalue weighted by Crippen LogP contribution is 2.31. The number of methoxy groups -OCH3 is 1. The lowest BCUT2D eigenvalue weighted by Gasteiger charge is -2.09. The lowest BCUT2D eigenvalue weighted by molar-refractivity contribution is -0.384. The van der Waals surface area contributed by atoms with Gasteiger partial charge in [-0.2, -0.15) is 0 Å². The van der Waals surface area contributed by atoms with Gasteiger partial charge in [0.2, 0.25) is 5.89 Å². The third-order valence-corrected chi connectivity index (χ3v) is 4.06. The molecule has 1 heterocycles. The normalized spacial score (nSPS) is 11.2. The molecule has 0 aliphatic heterocycles. The van der Waals surface area contributed by atoms with Gasteiger partial charge >= 0.3 is 0 Å². The Bertz CT molecular complexity index is 1060. The van der Waals surface area contributed by atoms with Crippen LogP contribution in [0.4, 0.5) is 5.69 Å². The number of nitro groups is 1. The highest BCUT2D eigenvalue weighted by atomic mass is 35.5. The molecule has 1 aromatic heterocycles. The molecule has 0 bridgehead atoms. The number of halogens is 1. The molecule has 0 atom stereocenters. The van der Waals surface area contributed by atoms with Crippen molar-refractivity contribution in [1.29, 1.82) is 0 Å². The van der Waals surface area contributed by atoms with E-state index in [1.807, 2.05) is 0 Å². The molecular weight excluding hydrogens is 398 g/mol. The summed E-state index contributed by atoms with van der Waals surface area (Å²) in [5, 5.41) is 18.8. The molecule has 9 heteroatoms. The second-order valence-corrected chi connectivity index (χ2v) is 6.13. The van der Waals surface area contributed by atoms with E-state index in [-0.39, 0.29) is 22.5 Å². The van der Waals surface area contributed by atoms with Gasteiger partial charge in [0.25, 0.3) is 11.6 Å². The number of aromatic nitrogens is 2. The first-order chi connectivity index (χ1) is 14.0. The van der Waals surface area contributed by atoms with Gasteiger partial charge in [-0.3, -0.25) is 10.1 Å². The second kappa shape index (κ2) is 9.03. The van der Waals surface area contributed by atoms with Crippen LogP contribution in [0.3, 0.4) is 0 Å². The minimum atomic E-state index is -0.482. The number of ether oxygens (including phenoxy) is 2. The van der Waals surface area contributed by atoms with Gasteiger partial charge in [0.1, 0.15) is 11.6 Å². The van der Waals surface area contributed by atoms with Gasteiger partial charge in [-0.05, 0) is 35.9 Å². The summed E-state index contributed by atoms with van der Waals surface area (Å²) in [6.07, 6.45) is 3.29. The van der Waals surface area contributed by atoms with Crippen LogP contribution in [-0.2, 0) is 0 Å². The fraction of sp³-hybridized carbons (Fsp3) is 0.100. The molecule has 0 N–H and O–H groups in total. The second-order valence-electron chi connectivity index (χ2n) is 5.72. The Morgan fingerprint density at radius 1 is 1.24 bits per heavy atom. The maximum absolute atomic E-state index is 10.7. The molecule has 3 rings (SSSR count). The zero-order chi connectivity index (χ0) is 20.8. The molecule has 0 aliphatic carbocycles. The van der Waals surface area contributed by atoms with Crippen LogP contribution >= 0.6 is 11.6 Å². The van der Waals surface area contributed by atoms with Crippen LogP contribution in [0.1, 0.15) is 11.5 Å². The van der Waals surface area contributed by atoms with E-state index >= 15 is 0 Å². The highest BCUT2D eigenvalue weighted by Gasteiger charge is 2.13. The van der Waals surface area contributed by atoms with E-state index in [1.54, 1.807) is 37.5 Å². The van der Waals surface area contributed by atoms with Crippen molar-refractivity contribution in [2.45, 2.75) is 0 Å². The molecule has 29 heavy (non-hydrogen) atoms. The number of hydrogen-bond donors (Lipinski definition) is 0. The summed E-state index contributed by atoms with van der Waals surface area (Å²) in [7, 11) is 1.54. The number of hydrogen-bond acceptors (Lipinski definition) is 7. The van der Waals surface area contributed by atoms with Crippen LogP contribution < -0.4 is 9.47 Å². The Balaban J connectivity index is 1.81. The quantitative estimate of drug-likeness (QED) is 0.292. The first kappa shape index (κ1) is 20.1. The Kier molecular flexibility index (Phi) is 6.25. The maximum atomic E-state index is 10.7. The van der Waals surface area contributed by atoms with Crippen molar-refractivity contribution in [2.75, 3.05) is 13.7 Å². The maximum Gasteiger partial charge on any atom is 0.269 e. The highest BCUT2D eigenvalue weighted by molar-refractivity contribution is 6.50. The number of non-ortho nitro benzene ring substituents is 1. The summed E-state index contributed by atoms with van der Waals surface area (Å²) in [5.74, 6) is 1.44. The van der Waals surface area contributed by atoms with Gasteiger partial charge in [0.05, 0.1) is 12.0 Å². The van der Waals surface area contributed by atoms with Crippen LogP contribution in [0.2, 0.25) is 0 Å². The molecule has 0 saturated heterocycles. The van der Waals surface area contributed by atoms with E-state index in [9.17, 15) is 10.1 Å². The summed E-state index contributed by atoms with van der Waals surface area (Å²) in [6, 6.07) is 11.1. The van der Waals surface area contributed by atoms with Crippen molar-refractivity contribution in [1.82, 2.24) is 10.2 Å². The summed E-state index contributed by atoms with van der Waals surface area (Å²) in [5.41, 5.74) is 1.26. The topological polar surface area (TPSA) is 101 Å². The van der Waals surface area contributed by atoms with Gasteiger partial charge in [0, 0.05) is 17.7 Å². The third kappa shape index (κ3) is 4.80. The number of nitro benzene ring substituents is 1. The molecule has 8 nitrogen and oxygen atoms in total. The van der Waals surface area contributed by atoms with Gasteiger partial charge in [-0.1, -0.05) is 30.3 Å². The summed E-state index contributed by atoms with van der Waals surface area (Å²) in [6.45, 7) is 3.97. The van der Waals surface area contributed by atoms with Crippen LogP contribution in [-0.4, -0.2) is 28.8 Å². The molecule has 148 valence electrons. The third-order valence-electron chi connectivity index (χ3n) is 3.79. The zero-order valence-electron chi connectivity index (χ0n) is 15.4. The van der Waals surface area contributed by atoms with E-state index in [1.165, 1.54) is 24.3 Å². The lowest BCUT2D eigenvalue weighted by atomic mass is 10.2. The minimum Gasteiger partial charge on any atom is -0.493 e. The summed E-state index contributed by atoms with van der Waals surface area (Å²) in [4.78, 5) is 10.3. The van der Waals surface area contributed by atoms with Crippen molar-refractivity contribution in [3.8, 4) is 23.0 Å². The van der Waals surface area contributed by atoms with Crippen molar-refractivity contribution in [3.63, 3.8) is 0 Å². The van der Waals surface area contributed by atoms with Crippen molar-refractivity contribution < 1.29 is 18.8 Å². The standard InChI is InChI=1S/C20H16ClN3O5/c1-3-10-28-17-9-4-13(12-18(17)27-2)11-16(21)20-23-22-19(29-20)14-5-7-15(8-6-14)24(25)26/h3-9,11-12H,1,10H2,2H3/b16-11-. The molecule has 0 radical (unpaired) electrons. The van der Waals surface area contributed by atoms with Crippen molar-refractivity contribution in [2.24, 2.45) is 0 Å². The first-order valence-electron chi connectivity index (χ1n) is 8.39. The van der Waals surface area contributed by atoms with E-state index in [0.29, 0.717) is 23.7 Å². The predicted octanol–water partition coefficient (Wildman–Crippen LogP) is 4.96. The average molecular weight is 414 g/mol. The Morgan fingerprint density at radius 2 is 2.00 bits per heavy atom. The fourth-order valence-corrected chi connectivity index (χ4v) is 2.61. The molecule has 0 unspecified atom stereocenters. The minimum absolute atomic E-state index is 0.0270. The van der Waals surface area contributed by atoms with E-state index < -0.39 is 4.92 Å². The van der Waals surface area contributed by atoms with Crippen LogP contribution in [0.25, 0.3) is 22.6 Å². The fourth-order valence-electron chi connectivity index (χ4n) is 2.41. The number of benzene rings is 2. The average Bonchev–Trinajstić information content (AvgIpc) is 3.23. The summed E-state index contributed by atoms with van der Waals surface area (Å²) < 4.78 is 16.4. The molecule has 0 aliphatic rings. The molecule has 0 spiro atoms. The largest absolute Gasteiger partial charge is 0.493 e. The summed E-state index contributed by atoms with van der Waals surface area (Å²) >= 11 is 6.32. The number of rotatable bonds is 8. The Hall–Kier alpha value is -3.65. The number of nitrogens with zero attached hydrogens (tertiary/aromatic N) is 3. The predicted molar refractivity (Wildman–Crippen MR) is 109 cm³/mol. The molecule has 3 aromatic rings. The van der Waals surface area contributed by atoms with Gasteiger partial charge in [-0.15, -0.1) is 10.2 Å². The first-order valence-corrected chi connectivity index (χ1v) is 8.77. The van der Waals surface area contributed by atoms with Crippen LogP contribution in [0.15, 0.2) is 59.5 Å². The molecule has 2 aromatic carbocycles. The molecule has 0 fully saturated rings. The van der Waals surface area contributed by atoms with Crippen LogP contribution in [0, 0.1) is 10.1 Å². The lowest BCUT2D eigenvalue weighted by Crippen LogP contribution is -1.96. The smallest absolute Gasteiger partial charge is 0.269 e. The Morgan fingerprint density at radius 3 is 2.66 bits per heavy atom. The molecular formula is C20H16ClN3O5. The van der Waals surface area contributed by atoms with Gasteiger partial charge in [0.15, 0.2) is 11.5 Å². The van der Waals surface area contributed by atoms with Crippen molar-refractivity contribution in [3.05, 3.63) is 76.7 Å². The Labute approximate surface area is 171 Å². The monoisotopic (exact) mass is 413 g/mol. The van der Waals surface area contributed by atoms with E-state index in [2.05, 4.69) is 16.8 Å². The molecule has 0 amide bonds. The van der Waals surface area contributed by atoms with E-state index in [0.717, 1.165) is 5.56 Å². The zero-order valence-corrected chi connectivity index (χ0v) is 16.1. The van der Waals surface area contributed by atoms with E-state index in [4.69, 9.17) is 25.5 Å². The molecule has 0 saturated carbocycles. The van der Waals surface area contributed by atoms with Gasteiger partial charge in [-0.25, -0.2) is 0 Å².